The van der Waals surface area contributed by atoms with Crippen molar-refractivity contribution in [2.75, 3.05) is 23.8 Å². The van der Waals surface area contributed by atoms with Crippen molar-refractivity contribution < 1.29 is 0 Å². The van der Waals surface area contributed by atoms with Crippen LogP contribution >= 0.6 is 0 Å². The molecule has 1 heterocycles. The van der Waals surface area contributed by atoms with Gasteiger partial charge in [-0.3, -0.25) is 0 Å². The molecule has 1 saturated carbocycles. The summed E-state index contributed by atoms with van der Waals surface area (Å²) < 4.78 is 0. The number of nitrogens with zero attached hydrogens (tertiary/aromatic N) is 3. The molecule has 4 nitrogen and oxygen atoms in total. The van der Waals surface area contributed by atoms with Gasteiger partial charge in [0, 0.05) is 31.1 Å². The second-order valence-corrected chi connectivity index (χ2v) is 6.65. The Morgan fingerprint density at radius 1 is 1.24 bits per heavy atom. The predicted octanol–water partition coefficient (Wildman–Crippen LogP) is 3.97. The Hall–Kier alpha value is -1.32. The first kappa shape index (κ1) is 16.1. The zero-order valence-corrected chi connectivity index (χ0v) is 14.4. The van der Waals surface area contributed by atoms with Gasteiger partial charge in [-0.1, -0.05) is 20.8 Å². The first-order chi connectivity index (χ1) is 9.95. The molecule has 0 aromatic carbocycles. The van der Waals surface area contributed by atoms with Crippen LogP contribution in [0.15, 0.2) is 0 Å². The fourth-order valence-corrected chi connectivity index (χ4v) is 2.63. The van der Waals surface area contributed by atoms with Gasteiger partial charge < -0.3 is 10.2 Å². The lowest BCUT2D eigenvalue weighted by Gasteiger charge is -2.29. The Bertz CT molecular complexity index is 480. The lowest BCUT2D eigenvalue weighted by Crippen LogP contribution is -2.32. The third kappa shape index (κ3) is 3.66. The Balaban J connectivity index is 2.34. The molecule has 0 saturated heterocycles. The number of rotatable bonds is 7. The maximum Gasteiger partial charge on any atom is 0.137 e. The van der Waals surface area contributed by atoms with Gasteiger partial charge in [-0.2, -0.15) is 0 Å². The molecule has 1 fully saturated rings. The van der Waals surface area contributed by atoms with Crippen molar-refractivity contribution >= 4 is 11.6 Å². The standard InChI is InChI=1S/C17H30N4/c1-7-10-18-16-12(4)17(20-15(19-16)11(2)3)21(6)13(5)14-8-9-14/h11,13-14H,7-10H2,1-6H3,(H,18,19,20). The summed E-state index contributed by atoms with van der Waals surface area (Å²) in [6.45, 7) is 11.9. The highest BCUT2D eigenvalue weighted by atomic mass is 15.2. The molecule has 1 N–H and O–H groups in total. The van der Waals surface area contributed by atoms with E-state index in [0.29, 0.717) is 12.0 Å². The predicted molar refractivity (Wildman–Crippen MR) is 90.2 cm³/mol. The van der Waals surface area contributed by atoms with Gasteiger partial charge in [0.15, 0.2) is 0 Å². The highest BCUT2D eigenvalue weighted by Gasteiger charge is 2.32. The molecule has 0 amide bonds. The Kier molecular flexibility index (Phi) is 5.07. The summed E-state index contributed by atoms with van der Waals surface area (Å²) in [7, 11) is 2.17. The summed E-state index contributed by atoms with van der Waals surface area (Å²) in [5.41, 5.74) is 1.17. The van der Waals surface area contributed by atoms with Crippen molar-refractivity contribution in [1.29, 1.82) is 0 Å². The average molecular weight is 290 g/mol. The van der Waals surface area contributed by atoms with Crippen LogP contribution in [-0.2, 0) is 0 Å². The average Bonchev–Trinajstić information content (AvgIpc) is 3.29. The van der Waals surface area contributed by atoms with E-state index in [1.165, 1.54) is 18.4 Å². The first-order valence-electron chi connectivity index (χ1n) is 8.30. The number of nitrogens with one attached hydrogen (secondary N) is 1. The molecule has 1 aliphatic carbocycles. The molecule has 4 heteroatoms. The molecule has 0 radical (unpaired) electrons. The van der Waals surface area contributed by atoms with Crippen LogP contribution in [0, 0.1) is 12.8 Å². The normalized spacial score (nSPS) is 16.1. The van der Waals surface area contributed by atoms with Gasteiger partial charge >= 0.3 is 0 Å². The minimum absolute atomic E-state index is 0.344. The van der Waals surface area contributed by atoms with Crippen LogP contribution in [0.25, 0.3) is 0 Å². The third-order valence-electron chi connectivity index (χ3n) is 4.45. The summed E-state index contributed by atoms with van der Waals surface area (Å²) in [5, 5.41) is 3.46. The van der Waals surface area contributed by atoms with Crippen LogP contribution in [0.3, 0.4) is 0 Å². The van der Waals surface area contributed by atoms with Crippen molar-refractivity contribution in [3.8, 4) is 0 Å². The lowest BCUT2D eigenvalue weighted by molar-refractivity contribution is 0.599. The molecule has 118 valence electrons. The highest BCUT2D eigenvalue weighted by molar-refractivity contribution is 5.59. The number of hydrogen-bond donors (Lipinski definition) is 1. The summed E-state index contributed by atoms with van der Waals surface area (Å²) in [6, 6.07) is 0.553. The summed E-state index contributed by atoms with van der Waals surface area (Å²) in [4.78, 5) is 11.9. The van der Waals surface area contributed by atoms with E-state index in [4.69, 9.17) is 9.97 Å². The topological polar surface area (TPSA) is 41.1 Å². The SMILES string of the molecule is CCCNc1nc(C(C)C)nc(N(C)C(C)C2CC2)c1C. The van der Waals surface area contributed by atoms with Crippen LogP contribution in [-0.4, -0.2) is 29.6 Å². The smallest absolute Gasteiger partial charge is 0.137 e. The zero-order valence-electron chi connectivity index (χ0n) is 14.4. The fourth-order valence-electron chi connectivity index (χ4n) is 2.63. The van der Waals surface area contributed by atoms with Crippen molar-refractivity contribution in [1.82, 2.24) is 9.97 Å². The summed E-state index contributed by atoms with van der Waals surface area (Å²) in [5.74, 6) is 4.20. The molecule has 0 aliphatic heterocycles. The van der Waals surface area contributed by atoms with E-state index in [1.54, 1.807) is 0 Å². The zero-order chi connectivity index (χ0) is 15.6. The van der Waals surface area contributed by atoms with Crippen LogP contribution in [0.2, 0.25) is 0 Å². The van der Waals surface area contributed by atoms with Gasteiger partial charge in [0.25, 0.3) is 0 Å². The van der Waals surface area contributed by atoms with Crippen LogP contribution in [0.5, 0.6) is 0 Å². The fraction of sp³-hybridized carbons (Fsp3) is 0.765. The number of anilines is 2. The van der Waals surface area contributed by atoms with Gasteiger partial charge in [0.1, 0.15) is 17.5 Å². The molecular formula is C17H30N4. The maximum absolute atomic E-state index is 4.85. The largest absolute Gasteiger partial charge is 0.370 e. The highest BCUT2D eigenvalue weighted by Crippen LogP contribution is 2.37. The van der Waals surface area contributed by atoms with Gasteiger partial charge in [-0.05, 0) is 39.0 Å². The van der Waals surface area contributed by atoms with E-state index in [1.807, 2.05) is 0 Å². The molecule has 21 heavy (non-hydrogen) atoms. The van der Waals surface area contributed by atoms with Gasteiger partial charge in [0.2, 0.25) is 0 Å². The molecule has 0 spiro atoms. The second-order valence-electron chi connectivity index (χ2n) is 6.65. The molecule has 1 unspecified atom stereocenters. The lowest BCUT2D eigenvalue weighted by atomic mass is 10.1. The first-order valence-corrected chi connectivity index (χ1v) is 8.30. The van der Waals surface area contributed by atoms with Crippen LogP contribution < -0.4 is 10.2 Å². The Labute approximate surface area is 129 Å². The molecule has 2 rings (SSSR count). The summed E-state index contributed by atoms with van der Waals surface area (Å²) in [6.07, 6.45) is 3.81. The van der Waals surface area contributed by atoms with E-state index >= 15 is 0 Å². The molecule has 1 aromatic rings. The van der Waals surface area contributed by atoms with E-state index < -0.39 is 0 Å². The number of hydrogen-bond acceptors (Lipinski definition) is 4. The van der Waals surface area contributed by atoms with Gasteiger partial charge in [0.05, 0.1) is 0 Å². The van der Waals surface area contributed by atoms with Crippen LogP contribution in [0.1, 0.15) is 64.3 Å². The molecule has 1 aromatic heterocycles. The van der Waals surface area contributed by atoms with Crippen LogP contribution in [0.4, 0.5) is 11.6 Å². The van der Waals surface area contributed by atoms with Crippen molar-refractivity contribution in [3.63, 3.8) is 0 Å². The quantitative estimate of drug-likeness (QED) is 0.825. The van der Waals surface area contributed by atoms with Crippen molar-refractivity contribution in [2.24, 2.45) is 5.92 Å². The van der Waals surface area contributed by atoms with Crippen molar-refractivity contribution in [3.05, 3.63) is 11.4 Å². The van der Waals surface area contributed by atoms with E-state index in [9.17, 15) is 0 Å². The Morgan fingerprint density at radius 2 is 1.90 bits per heavy atom. The van der Waals surface area contributed by atoms with Gasteiger partial charge in [-0.25, -0.2) is 9.97 Å². The molecule has 1 aliphatic rings. The second kappa shape index (κ2) is 6.63. The molecule has 1 atom stereocenters. The summed E-state index contributed by atoms with van der Waals surface area (Å²) >= 11 is 0. The molecule has 0 bridgehead atoms. The Morgan fingerprint density at radius 3 is 2.43 bits per heavy atom. The maximum atomic E-state index is 4.85. The monoisotopic (exact) mass is 290 g/mol. The van der Waals surface area contributed by atoms with E-state index in [-0.39, 0.29) is 0 Å². The number of aromatic nitrogens is 2. The van der Waals surface area contributed by atoms with E-state index in [0.717, 1.165) is 36.3 Å². The van der Waals surface area contributed by atoms with Gasteiger partial charge in [-0.15, -0.1) is 0 Å². The van der Waals surface area contributed by atoms with Crippen molar-refractivity contribution in [2.45, 2.75) is 65.8 Å². The minimum Gasteiger partial charge on any atom is -0.370 e. The third-order valence-corrected chi connectivity index (χ3v) is 4.45. The van der Waals surface area contributed by atoms with E-state index in [2.05, 4.69) is 51.9 Å². The molecular weight excluding hydrogens is 260 g/mol. The minimum atomic E-state index is 0.344.